The van der Waals surface area contributed by atoms with Crippen molar-refractivity contribution in [2.45, 2.75) is 46.0 Å². The molecule has 4 aromatic rings. The van der Waals surface area contributed by atoms with Crippen molar-refractivity contribution >= 4 is 45.0 Å². The molecule has 6 nitrogen and oxygen atoms in total. The number of unbranched alkanes of at least 4 members (excludes halogenated alkanes) is 3. The topological polar surface area (TPSA) is 86.7 Å². The average Bonchev–Trinajstić information content (AvgIpc) is 3.17. The molecule has 0 spiro atoms. The second kappa shape index (κ2) is 10.3. The number of nitrogens with two attached hydrogens (primary N) is 1. The SMILES string of the molecule is CCCCCC/C(=N/OC(C)=O)C(=O)c1ccc(-n2c3ccccc3c3cc(N)ccc32)cc1. The second-order valence-electron chi connectivity index (χ2n) is 8.44. The van der Waals surface area contributed by atoms with Gasteiger partial charge in [-0.15, -0.1) is 0 Å². The van der Waals surface area contributed by atoms with Gasteiger partial charge in [0.2, 0.25) is 5.78 Å². The highest BCUT2D eigenvalue weighted by Gasteiger charge is 2.17. The molecule has 0 atom stereocenters. The van der Waals surface area contributed by atoms with Crippen LogP contribution in [0.1, 0.15) is 56.3 Å². The maximum absolute atomic E-state index is 13.1. The zero-order valence-corrected chi connectivity index (χ0v) is 19.6. The van der Waals surface area contributed by atoms with Crippen LogP contribution in [0, 0.1) is 0 Å². The zero-order chi connectivity index (χ0) is 24.1. The summed E-state index contributed by atoms with van der Waals surface area (Å²) in [5.74, 6) is -0.763. The molecule has 0 fully saturated rings. The predicted octanol–water partition coefficient (Wildman–Crippen LogP) is 6.44. The van der Waals surface area contributed by atoms with Gasteiger partial charge < -0.3 is 15.1 Å². The summed E-state index contributed by atoms with van der Waals surface area (Å²) in [6, 6.07) is 21.5. The van der Waals surface area contributed by atoms with Gasteiger partial charge in [0.25, 0.3) is 0 Å². The lowest BCUT2D eigenvalue weighted by atomic mass is 10.0. The second-order valence-corrected chi connectivity index (χ2v) is 8.44. The number of carbonyl (C=O) groups excluding carboxylic acids is 2. The molecule has 0 aliphatic heterocycles. The van der Waals surface area contributed by atoms with Crippen molar-refractivity contribution in [1.29, 1.82) is 0 Å². The third kappa shape index (κ3) is 4.86. The van der Waals surface area contributed by atoms with E-state index in [0.29, 0.717) is 12.0 Å². The first-order valence-electron chi connectivity index (χ1n) is 11.7. The Bertz CT molecular complexity index is 1370. The molecule has 0 aliphatic carbocycles. The highest BCUT2D eigenvalue weighted by atomic mass is 16.7. The number of fused-ring (bicyclic) bond motifs is 3. The van der Waals surface area contributed by atoms with E-state index in [9.17, 15) is 9.59 Å². The molecular formula is C28H29N3O3. The minimum absolute atomic E-state index is 0.223. The molecule has 0 unspecified atom stereocenters. The van der Waals surface area contributed by atoms with Crippen molar-refractivity contribution in [3.8, 4) is 5.69 Å². The Morgan fingerprint density at radius 1 is 0.912 bits per heavy atom. The van der Waals surface area contributed by atoms with Crippen molar-refractivity contribution < 1.29 is 14.4 Å². The molecule has 174 valence electrons. The van der Waals surface area contributed by atoms with Crippen molar-refractivity contribution in [1.82, 2.24) is 4.57 Å². The highest BCUT2D eigenvalue weighted by molar-refractivity contribution is 6.45. The molecule has 2 N–H and O–H groups in total. The molecule has 3 aromatic carbocycles. The van der Waals surface area contributed by atoms with Gasteiger partial charge in [0, 0.05) is 34.6 Å². The van der Waals surface area contributed by atoms with Gasteiger partial charge in [-0.2, -0.15) is 0 Å². The minimum atomic E-state index is -0.541. The predicted molar refractivity (Wildman–Crippen MR) is 137 cm³/mol. The number of anilines is 1. The zero-order valence-electron chi connectivity index (χ0n) is 19.6. The summed E-state index contributed by atoms with van der Waals surface area (Å²) in [5, 5.41) is 6.06. The Morgan fingerprint density at radius 2 is 1.65 bits per heavy atom. The maximum atomic E-state index is 13.1. The van der Waals surface area contributed by atoms with Crippen LogP contribution >= 0.6 is 0 Å². The summed E-state index contributed by atoms with van der Waals surface area (Å²) in [6.07, 6.45) is 4.49. The van der Waals surface area contributed by atoms with Crippen LogP contribution in [-0.4, -0.2) is 22.0 Å². The number of carbonyl (C=O) groups is 2. The van der Waals surface area contributed by atoms with Crippen LogP contribution in [0.15, 0.2) is 71.9 Å². The van der Waals surface area contributed by atoms with Gasteiger partial charge in [0.1, 0.15) is 5.71 Å². The van der Waals surface area contributed by atoms with Crippen LogP contribution in [0.2, 0.25) is 0 Å². The number of benzene rings is 3. The largest absolute Gasteiger partial charge is 0.399 e. The molecule has 0 saturated heterocycles. The van der Waals surface area contributed by atoms with Crippen LogP contribution < -0.4 is 5.73 Å². The average molecular weight is 456 g/mol. The van der Waals surface area contributed by atoms with Gasteiger partial charge in [0.05, 0.1) is 11.0 Å². The lowest BCUT2D eigenvalue weighted by Gasteiger charge is -2.10. The van der Waals surface area contributed by atoms with Crippen molar-refractivity contribution in [3.63, 3.8) is 0 Å². The summed E-state index contributed by atoms with van der Waals surface area (Å²) in [4.78, 5) is 29.2. The number of nitrogen functional groups attached to an aromatic ring is 1. The van der Waals surface area contributed by atoms with E-state index < -0.39 is 5.97 Å². The summed E-state index contributed by atoms with van der Waals surface area (Å²) >= 11 is 0. The number of rotatable bonds is 9. The van der Waals surface area contributed by atoms with E-state index in [1.165, 1.54) is 6.92 Å². The quantitative estimate of drug-likeness (QED) is 0.0786. The van der Waals surface area contributed by atoms with Crippen molar-refractivity contribution in [3.05, 3.63) is 72.3 Å². The van der Waals surface area contributed by atoms with Gasteiger partial charge in [-0.3, -0.25) is 4.79 Å². The fraction of sp³-hybridized carbons (Fsp3) is 0.250. The maximum Gasteiger partial charge on any atom is 0.331 e. The lowest BCUT2D eigenvalue weighted by molar-refractivity contribution is -0.140. The number of hydrogen-bond acceptors (Lipinski definition) is 5. The van der Waals surface area contributed by atoms with E-state index in [1.54, 1.807) is 12.1 Å². The number of oxime groups is 1. The van der Waals surface area contributed by atoms with Crippen molar-refractivity contribution in [2.75, 3.05) is 5.73 Å². The van der Waals surface area contributed by atoms with E-state index in [2.05, 4.69) is 28.8 Å². The van der Waals surface area contributed by atoms with Crippen LogP contribution in [0.4, 0.5) is 5.69 Å². The number of aromatic nitrogens is 1. The first-order valence-corrected chi connectivity index (χ1v) is 11.7. The normalized spacial score (nSPS) is 11.8. The van der Waals surface area contributed by atoms with Gasteiger partial charge >= 0.3 is 5.97 Å². The molecule has 1 heterocycles. The Morgan fingerprint density at radius 3 is 2.38 bits per heavy atom. The highest BCUT2D eigenvalue weighted by Crippen LogP contribution is 2.33. The molecule has 0 bridgehead atoms. The molecule has 1 aromatic heterocycles. The number of Topliss-reactive ketones (excluding diaryl/α,β-unsaturated/α-hetero) is 1. The molecule has 0 aliphatic rings. The van der Waals surface area contributed by atoms with Crippen LogP contribution in [0.5, 0.6) is 0 Å². The minimum Gasteiger partial charge on any atom is -0.399 e. The number of ketones is 1. The third-order valence-corrected chi connectivity index (χ3v) is 5.90. The van der Waals surface area contributed by atoms with Crippen LogP contribution in [0.3, 0.4) is 0 Å². The van der Waals surface area contributed by atoms with E-state index in [-0.39, 0.29) is 11.5 Å². The van der Waals surface area contributed by atoms with Gasteiger partial charge in [-0.1, -0.05) is 49.5 Å². The molecule has 6 heteroatoms. The Hall–Kier alpha value is -3.93. The number of nitrogens with zero attached hydrogens (tertiary/aromatic N) is 2. The van der Waals surface area contributed by atoms with E-state index in [0.717, 1.165) is 58.9 Å². The molecule has 34 heavy (non-hydrogen) atoms. The van der Waals surface area contributed by atoms with Crippen molar-refractivity contribution in [2.24, 2.45) is 5.16 Å². The van der Waals surface area contributed by atoms with E-state index in [1.807, 2.05) is 42.5 Å². The number of para-hydroxylation sites is 1. The van der Waals surface area contributed by atoms with Gasteiger partial charge in [-0.25, -0.2) is 4.79 Å². The van der Waals surface area contributed by atoms with Gasteiger partial charge in [-0.05, 0) is 61.4 Å². The number of hydrogen-bond donors (Lipinski definition) is 1. The molecule has 0 saturated carbocycles. The monoisotopic (exact) mass is 455 g/mol. The molecular weight excluding hydrogens is 426 g/mol. The summed E-state index contributed by atoms with van der Waals surface area (Å²) < 4.78 is 2.16. The van der Waals surface area contributed by atoms with Gasteiger partial charge in [0.15, 0.2) is 0 Å². The third-order valence-electron chi connectivity index (χ3n) is 5.90. The van der Waals surface area contributed by atoms with Crippen LogP contribution in [-0.2, 0) is 9.63 Å². The Balaban J connectivity index is 1.67. The molecule has 0 radical (unpaired) electrons. The summed E-state index contributed by atoms with van der Waals surface area (Å²) in [7, 11) is 0. The standard InChI is InChI=1S/C28H29N3O3/c1-3-4-5-6-10-25(30-34-19(2)32)28(33)20-12-15-22(16-13-20)31-26-11-8-7-9-23(26)24-18-21(29)14-17-27(24)31/h7-9,11-18H,3-6,10,29H2,1-2H3/b30-25-. The fourth-order valence-corrected chi connectivity index (χ4v) is 4.24. The smallest absolute Gasteiger partial charge is 0.331 e. The summed E-state index contributed by atoms with van der Waals surface area (Å²) in [5.41, 5.74) is 10.6. The fourth-order valence-electron chi connectivity index (χ4n) is 4.24. The van der Waals surface area contributed by atoms with E-state index >= 15 is 0 Å². The summed E-state index contributed by atoms with van der Waals surface area (Å²) in [6.45, 7) is 3.41. The molecule has 4 rings (SSSR count). The van der Waals surface area contributed by atoms with E-state index in [4.69, 9.17) is 10.6 Å². The van der Waals surface area contributed by atoms with Crippen LogP contribution in [0.25, 0.3) is 27.5 Å². The first-order chi connectivity index (χ1) is 16.5. The lowest BCUT2D eigenvalue weighted by Crippen LogP contribution is -2.16. The first kappa shape index (κ1) is 23.2. The Labute approximate surface area is 199 Å². The Kier molecular flexibility index (Phi) is 7.07. The molecule has 0 amide bonds.